The molecule has 0 bridgehead atoms. The minimum atomic E-state index is -0.506. The molecule has 0 saturated heterocycles. The van der Waals surface area contributed by atoms with Crippen molar-refractivity contribution in [3.05, 3.63) is 58.2 Å². The lowest BCUT2D eigenvalue weighted by atomic mass is 9.95. The van der Waals surface area contributed by atoms with Gasteiger partial charge in [0, 0.05) is 29.3 Å². The lowest BCUT2D eigenvalue weighted by Gasteiger charge is -2.27. The molecule has 2 heterocycles. The fourth-order valence-electron chi connectivity index (χ4n) is 4.20. The molecular weight excluding hydrogens is 458 g/mol. The zero-order chi connectivity index (χ0) is 24.4. The summed E-state index contributed by atoms with van der Waals surface area (Å²) in [7, 11) is 0. The molecule has 4 rings (SSSR count). The molecule has 0 radical (unpaired) electrons. The fourth-order valence-corrected chi connectivity index (χ4v) is 4.38. The number of fused-ring (bicyclic) bond motifs is 1. The third kappa shape index (κ3) is 4.56. The van der Waals surface area contributed by atoms with Crippen LogP contribution in [0.2, 0.25) is 5.02 Å². The van der Waals surface area contributed by atoms with E-state index in [1.807, 2.05) is 20.8 Å². The van der Waals surface area contributed by atoms with E-state index >= 15 is 0 Å². The van der Waals surface area contributed by atoms with E-state index in [-0.39, 0.29) is 23.5 Å². The van der Waals surface area contributed by atoms with Gasteiger partial charge in [-0.3, -0.25) is 9.89 Å². The van der Waals surface area contributed by atoms with Gasteiger partial charge in [-0.1, -0.05) is 17.7 Å². The lowest BCUT2D eigenvalue weighted by molar-refractivity contribution is 0.0601. The number of aromatic nitrogens is 2. The Morgan fingerprint density at radius 2 is 1.94 bits per heavy atom. The van der Waals surface area contributed by atoms with Crippen molar-refractivity contribution >= 4 is 17.5 Å². The molecule has 9 heteroatoms. The van der Waals surface area contributed by atoms with Crippen molar-refractivity contribution in [1.82, 2.24) is 15.1 Å². The number of carbonyl (C=O) groups excluding carboxylic acids is 1. The topological polar surface area (TPSA) is 108 Å². The number of benzene rings is 2. The third-order valence-electron chi connectivity index (χ3n) is 5.67. The highest BCUT2D eigenvalue weighted by molar-refractivity contribution is 6.31. The number of nitrogens with one attached hydrogen (secondary N) is 1. The monoisotopic (exact) mass is 485 g/mol. The van der Waals surface area contributed by atoms with Gasteiger partial charge in [-0.05, 0) is 63.1 Å². The van der Waals surface area contributed by atoms with Gasteiger partial charge in [-0.15, -0.1) is 0 Å². The Balaban J connectivity index is 1.80. The largest absolute Gasteiger partial charge is 0.507 e. The van der Waals surface area contributed by atoms with Crippen LogP contribution in [0.25, 0.3) is 11.3 Å². The molecule has 180 valence electrons. The zero-order valence-corrected chi connectivity index (χ0v) is 20.1. The Labute approximate surface area is 203 Å². The summed E-state index contributed by atoms with van der Waals surface area (Å²) in [5.74, 6) is 0.164. The Morgan fingerprint density at radius 3 is 2.68 bits per heavy atom. The van der Waals surface area contributed by atoms with Crippen molar-refractivity contribution in [3.63, 3.8) is 0 Å². The van der Waals surface area contributed by atoms with Gasteiger partial charge in [0.25, 0.3) is 5.91 Å². The molecule has 3 N–H and O–H groups in total. The van der Waals surface area contributed by atoms with Gasteiger partial charge in [0.05, 0.1) is 18.8 Å². The molecule has 2 aromatic carbocycles. The summed E-state index contributed by atoms with van der Waals surface area (Å²) >= 11 is 6.19. The average molecular weight is 486 g/mol. The van der Waals surface area contributed by atoms with Gasteiger partial charge in [-0.25, -0.2) is 0 Å². The zero-order valence-electron chi connectivity index (χ0n) is 19.3. The molecule has 0 saturated carbocycles. The number of halogens is 1. The van der Waals surface area contributed by atoms with E-state index in [1.54, 1.807) is 35.2 Å². The summed E-state index contributed by atoms with van der Waals surface area (Å²) in [5, 5.41) is 28.4. The summed E-state index contributed by atoms with van der Waals surface area (Å²) in [4.78, 5) is 15.2. The number of rotatable bonds is 9. The molecule has 1 amide bonds. The number of amides is 1. The second-order valence-electron chi connectivity index (χ2n) is 8.36. The van der Waals surface area contributed by atoms with Gasteiger partial charge in [0.15, 0.2) is 11.5 Å². The predicted molar refractivity (Wildman–Crippen MR) is 129 cm³/mol. The van der Waals surface area contributed by atoms with Crippen molar-refractivity contribution < 1.29 is 24.5 Å². The quantitative estimate of drug-likeness (QED) is 0.372. The maximum Gasteiger partial charge on any atom is 0.273 e. The van der Waals surface area contributed by atoms with Crippen LogP contribution >= 0.6 is 11.6 Å². The summed E-state index contributed by atoms with van der Waals surface area (Å²) in [6, 6.07) is 9.25. The van der Waals surface area contributed by atoms with Gasteiger partial charge in [0.1, 0.15) is 17.1 Å². The molecule has 8 nitrogen and oxygen atoms in total. The molecule has 1 unspecified atom stereocenters. The number of nitrogens with zero attached hydrogens (tertiary/aromatic N) is 2. The minimum Gasteiger partial charge on any atom is -0.507 e. The van der Waals surface area contributed by atoms with E-state index in [1.165, 1.54) is 6.07 Å². The molecule has 1 aliphatic rings. The maximum atomic E-state index is 13.4. The number of ether oxygens (including phenoxy) is 2. The Bertz CT molecular complexity index is 1190. The first kappa shape index (κ1) is 23.9. The SMILES string of the molecule is CCOc1cc(C2c3c(-c4cc(Cl)ccc4O)n[nH]c3C(=O)N2CCCOC(C)C)ccc1O. The van der Waals surface area contributed by atoms with Crippen LogP contribution in [0.3, 0.4) is 0 Å². The number of phenols is 2. The number of hydrogen-bond acceptors (Lipinski definition) is 6. The van der Waals surface area contributed by atoms with Gasteiger partial charge < -0.3 is 24.6 Å². The second-order valence-corrected chi connectivity index (χ2v) is 8.79. The first-order valence-corrected chi connectivity index (χ1v) is 11.6. The molecular formula is C25H28ClN3O5. The standard InChI is InChI=1S/C25H28ClN3O5/c1-4-33-20-12-15(6-8-19(20)31)24-21-22(17-13-16(26)7-9-18(17)30)27-28-23(21)25(32)29(24)10-5-11-34-14(2)3/h6-9,12-14,24,30-31H,4-5,10-11H2,1-3H3,(H,27,28). The summed E-state index contributed by atoms with van der Waals surface area (Å²) in [6.07, 6.45) is 0.747. The number of phenolic OH excluding ortho intramolecular Hbond substituents is 2. The van der Waals surface area contributed by atoms with Crippen molar-refractivity contribution in [3.8, 4) is 28.5 Å². The van der Waals surface area contributed by atoms with E-state index in [4.69, 9.17) is 21.1 Å². The van der Waals surface area contributed by atoms with Gasteiger partial charge in [-0.2, -0.15) is 5.10 Å². The Morgan fingerprint density at radius 1 is 1.18 bits per heavy atom. The highest BCUT2D eigenvalue weighted by Gasteiger charge is 2.42. The first-order valence-electron chi connectivity index (χ1n) is 11.3. The van der Waals surface area contributed by atoms with E-state index < -0.39 is 6.04 Å². The molecule has 3 aromatic rings. The fraction of sp³-hybridized carbons (Fsp3) is 0.360. The number of aromatic amines is 1. The van der Waals surface area contributed by atoms with E-state index in [0.717, 1.165) is 5.56 Å². The van der Waals surface area contributed by atoms with Crippen LogP contribution in [0.1, 0.15) is 54.8 Å². The van der Waals surface area contributed by atoms with Crippen LogP contribution in [0, 0.1) is 0 Å². The van der Waals surface area contributed by atoms with Crippen molar-refractivity contribution in [1.29, 1.82) is 0 Å². The molecule has 0 spiro atoms. The summed E-state index contributed by atoms with van der Waals surface area (Å²) in [5.41, 5.74) is 2.62. The van der Waals surface area contributed by atoms with Crippen LogP contribution in [0.15, 0.2) is 36.4 Å². The molecule has 1 aromatic heterocycles. The van der Waals surface area contributed by atoms with Crippen LogP contribution in [0.4, 0.5) is 0 Å². The van der Waals surface area contributed by atoms with Crippen LogP contribution < -0.4 is 4.74 Å². The van der Waals surface area contributed by atoms with Gasteiger partial charge in [0.2, 0.25) is 0 Å². The number of hydrogen-bond donors (Lipinski definition) is 3. The van der Waals surface area contributed by atoms with E-state index in [9.17, 15) is 15.0 Å². The second kappa shape index (κ2) is 9.95. The molecule has 34 heavy (non-hydrogen) atoms. The van der Waals surface area contributed by atoms with Crippen molar-refractivity contribution in [2.75, 3.05) is 19.8 Å². The van der Waals surface area contributed by atoms with Crippen molar-refractivity contribution in [2.45, 2.75) is 39.3 Å². The van der Waals surface area contributed by atoms with E-state index in [2.05, 4.69) is 10.2 Å². The highest BCUT2D eigenvalue weighted by atomic mass is 35.5. The van der Waals surface area contributed by atoms with Gasteiger partial charge >= 0.3 is 0 Å². The normalized spacial score (nSPS) is 15.3. The smallest absolute Gasteiger partial charge is 0.273 e. The third-order valence-corrected chi connectivity index (χ3v) is 5.91. The summed E-state index contributed by atoms with van der Waals surface area (Å²) in [6.45, 7) is 7.12. The predicted octanol–water partition coefficient (Wildman–Crippen LogP) is 4.90. The molecule has 1 aliphatic heterocycles. The maximum absolute atomic E-state index is 13.4. The average Bonchev–Trinajstić information content (AvgIpc) is 3.34. The molecule has 0 fully saturated rings. The molecule has 0 aliphatic carbocycles. The molecule has 1 atom stereocenters. The Hall–Kier alpha value is -3.23. The van der Waals surface area contributed by atoms with Crippen LogP contribution in [-0.2, 0) is 4.74 Å². The highest BCUT2D eigenvalue weighted by Crippen LogP contribution is 2.46. The van der Waals surface area contributed by atoms with Crippen LogP contribution in [-0.4, -0.2) is 57.1 Å². The van der Waals surface area contributed by atoms with E-state index in [0.29, 0.717) is 59.5 Å². The van der Waals surface area contributed by atoms with Crippen molar-refractivity contribution in [2.24, 2.45) is 0 Å². The first-order chi connectivity index (χ1) is 16.3. The minimum absolute atomic E-state index is 0.00870. The Kier molecular flexibility index (Phi) is 7.00. The van der Waals surface area contributed by atoms with Crippen LogP contribution in [0.5, 0.6) is 17.2 Å². The summed E-state index contributed by atoms with van der Waals surface area (Å²) < 4.78 is 11.3. The number of carbonyl (C=O) groups is 1. The number of aromatic hydroxyl groups is 2. The number of H-pyrrole nitrogens is 1. The lowest BCUT2D eigenvalue weighted by Crippen LogP contribution is -2.31.